The third kappa shape index (κ3) is 2.69. The second-order valence-corrected chi connectivity index (χ2v) is 5.56. The molecule has 0 aliphatic rings. The Kier molecular flexibility index (Phi) is 3.61. The van der Waals surface area contributed by atoms with E-state index >= 15 is 0 Å². The normalized spacial score (nSPS) is 11.1. The zero-order valence-electron chi connectivity index (χ0n) is 13.3. The van der Waals surface area contributed by atoms with E-state index in [1.165, 1.54) is 10.6 Å². The summed E-state index contributed by atoms with van der Waals surface area (Å²) in [6.07, 6.45) is 0. The van der Waals surface area contributed by atoms with Crippen molar-refractivity contribution in [3.05, 3.63) is 76.4 Å². The first kappa shape index (κ1) is 15.2. The lowest BCUT2D eigenvalue weighted by Crippen LogP contribution is -2.24. The Morgan fingerprint density at radius 1 is 1.08 bits per heavy atom. The first-order valence-electron chi connectivity index (χ1n) is 7.67. The number of hydrogen-bond donors (Lipinski definition) is 0. The summed E-state index contributed by atoms with van der Waals surface area (Å²) in [5, 5.41) is 4.37. The van der Waals surface area contributed by atoms with E-state index < -0.39 is 5.82 Å². The van der Waals surface area contributed by atoms with Gasteiger partial charge in [-0.15, -0.1) is 0 Å². The highest BCUT2D eigenvalue weighted by Gasteiger charge is 2.15. The molecule has 0 atom stereocenters. The minimum atomic E-state index is -0.446. The van der Waals surface area contributed by atoms with Crippen molar-refractivity contribution in [2.75, 3.05) is 0 Å². The van der Waals surface area contributed by atoms with Gasteiger partial charge in [0, 0.05) is 0 Å². The molecule has 7 heteroatoms. The zero-order valence-corrected chi connectivity index (χ0v) is 13.3. The predicted molar refractivity (Wildman–Crippen MR) is 89.5 cm³/mol. The third-order valence-corrected chi connectivity index (χ3v) is 3.92. The van der Waals surface area contributed by atoms with Crippen LogP contribution in [0.4, 0.5) is 4.39 Å². The van der Waals surface area contributed by atoms with Crippen LogP contribution in [0.15, 0.2) is 57.8 Å². The van der Waals surface area contributed by atoms with Gasteiger partial charge in [0.2, 0.25) is 0 Å². The maximum Gasteiger partial charge on any atom is 0.261 e. The summed E-state index contributed by atoms with van der Waals surface area (Å²) in [7, 11) is 0. The number of nitrogens with zero attached hydrogens (tertiary/aromatic N) is 4. The minimum Gasteiger partial charge on any atom is -0.334 e. The Hall–Kier alpha value is -3.35. The van der Waals surface area contributed by atoms with E-state index in [0.717, 1.165) is 0 Å². The number of rotatable bonds is 3. The molecule has 0 spiro atoms. The first-order chi connectivity index (χ1) is 12.1. The van der Waals surface area contributed by atoms with Gasteiger partial charge < -0.3 is 4.52 Å². The van der Waals surface area contributed by atoms with Gasteiger partial charge in [0.15, 0.2) is 5.82 Å². The highest BCUT2D eigenvalue weighted by molar-refractivity contribution is 5.77. The van der Waals surface area contributed by atoms with E-state index in [1.54, 1.807) is 43.3 Å². The number of aryl methyl sites for hydroxylation is 1. The van der Waals surface area contributed by atoms with Crippen LogP contribution in [0.25, 0.3) is 22.4 Å². The van der Waals surface area contributed by atoms with Crippen molar-refractivity contribution in [3.63, 3.8) is 0 Å². The van der Waals surface area contributed by atoms with Crippen molar-refractivity contribution in [1.82, 2.24) is 19.7 Å². The molecule has 2 aromatic carbocycles. The topological polar surface area (TPSA) is 73.8 Å². The summed E-state index contributed by atoms with van der Waals surface area (Å²) < 4.78 is 20.4. The van der Waals surface area contributed by atoms with Crippen LogP contribution < -0.4 is 5.56 Å². The quantitative estimate of drug-likeness (QED) is 0.575. The Balaban J connectivity index is 1.73. The number of hydrogen-bond acceptors (Lipinski definition) is 5. The molecule has 0 amide bonds. The number of aromatic nitrogens is 4. The Bertz CT molecular complexity index is 1130. The van der Waals surface area contributed by atoms with Crippen molar-refractivity contribution in [2.45, 2.75) is 13.5 Å². The average molecular weight is 336 g/mol. The van der Waals surface area contributed by atoms with Gasteiger partial charge in [-0.2, -0.15) is 4.98 Å². The predicted octanol–water partition coefficient (Wildman–Crippen LogP) is 2.94. The lowest BCUT2D eigenvalue weighted by atomic mass is 10.2. The van der Waals surface area contributed by atoms with Crippen molar-refractivity contribution in [3.8, 4) is 11.5 Å². The van der Waals surface area contributed by atoms with E-state index in [-0.39, 0.29) is 29.4 Å². The molecule has 0 aliphatic carbocycles. The molecule has 4 aromatic rings. The lowest BCUT2D eigenvalue weighted by Gasteiger charge is -2.08. The number of benzene rings is 2. The molecule has 6 nitrogen and oxygen atoms in total. The fourth-order valence-electron chi connectivity index (χ4n) is 2.67. The van der Waals surface area contributed by atoms with E-state index in [9.17, 15) is 9.18 Å². The molecule has 124 valence electrons. The molecule has 2 aromatic heterocycles. The average Bonchev–Trinajstić information content (AvgIpc) is 3.07. The Labute approximate surface area is 141 Å². The molecule has 0 aliphatic heterocycles. The van der Waals surface area contributed by atoms with Gasteiger partial charge in [0.1, 0.15) is 11.6 Å². The molecule has 0 radical (unpaired) electrons. The van der Waals surface area contributed by atoms with Crippen LogP contribution in [0.2, 0.25) is 0 Å². The van der Waals surface area contributed by atoms with Crippen LogP contribution in [-0.2, 0) is 6.54 Å². The van der Waals surface area contributed by atoms with Crippen LogP contribution in [0, 0.1) is 12.7 Å². The van der Waals surface area contributed by atoms with Crippen molar-refractivity contribution in [1.29, 1.82) is 0 Å². The smallest absolute Gasteiger partial charge is 0.261 e. The fraction of sp³-hybridized carbons (Fsp3) is 0.111. The van der Waals surface area contributed by atoms with Gasteiger partial charge in [0.25, 0.3) is 11.4 Å². The molecule has 0 saturated carbocycles. The van der Waals surface area contributed by atoms with Crippen LogP contribution in [0.5, 0.6) is 0 Å². The Morgan fingerprint density at radius 2 is 1.84 bits per heavy atom. The standard InChI is InChI=1S/C18H13FN4O2/c1-11-20-15-9-5-3-7-13(15)18(24)23(11)10-16-21-17(25-22-16)12-6-2-4-8-14(12)19/h2-9H,10H2,1H3. The van der Waals surface area contributed by atoms with Crippen molar-refractivity contribution < 1.29 is 8.91 Å². The van der Waals surface area contributed by atoms with E-state index in [0.29, 0.717) is 16.7 Å². The highest BCUT2D eigenvalue weighted by atomic mass is 19.1. The summed E-state index contributed by atoms with van der Waals surface area (Å²) in [6.45, 7) is 1.84. The van der Waals surface area contributed by atoms with Gasteiger partial charge in [-0.05, 0) is 31.2 Å². The molecule has 4 rings (SSSR count). The molecular formula is C18H13FN4O2. The molecule has 25 heavy (non-hydrogen) atoms. The zero-order chi connectivity index (χ0) is 17.4. The third-order valence-electron chi connectivity index (χ3n) is 3.92. The number of para-hydroxylation sites is 1. The van der Waals surface area contributed by atoms with Crippen LogP contribution in [0.1, 0.15) is 11.6 Å². The first-order valence-corrected chi connectivity index (χ1v) is 7.67. The van der Waals surface area contributed by atoms with E-state index in [1.807, 2.05) is 6.07 Å². The van der Waals surface area contributed by atoms with Crippen LogP contribution in [-0.4, -0.2) is 19.7 Å². The van der Waals surface area contributed by atoms with Gasteiger partial charge in [-0.3, -0.25) is 9.36 Å². The van der Waals surface area contributed by atoms with Crippen LogP contribution >= 0.6 is 0 Å². The van der Waals surface area contributed by atoms with E-state index in [2.05, 4.69) is 15.1 Å². The maximum atomic E-state index is 13.8. The molecule has 0 bridgehead atoms. The van der Waals surface area contributed by atoms with Gasteiger partial charge in [0.05, 0.1) is 23.0 Å². The van der Waals surface area contributed by atoms with Crippen molar-refractivity contribution >= 4 is 10.9 Å². The summed E-state index contributed by atoms with van der Waals surface area (Å²) in [4.78, 5) is 21.3. The maximum absolute atomic E-state index is 13.8. The molecule has 2 heterocycles. The summed E-state index contributed by atoms with van der Waals surface area (Å²) in [5.41, 5.74) is 0.684. The number of halogens is 1. The second kappa shape index (κ2) is 5.94. The van der Waals surface area contributed by atoms with Gasteiger partial charge >= 0.3 is 0 Å². The fourth-order valence-corrected chi connectivity index (χ4v) is 2.67. The van der Waals surface area contributed by atoms with E-state index in [4.69, 9.17) is 4.52 Å². The minimum absolute atomic E-state index is 0.0764. The summed E-state index contributed by atoms with van der Waals surface area (Å²) in [5.74, 6) is 0.451. The van der Waals surface area contributed by atoms with Crippen molar-refractivity contribution in [2.24, 2.45) is 0 Å². The second-order valence-electron chi connectivity index (χ2n) is 5.56. The van der Waals surface area contributed by atoms with Gasteiger partial charge in [-0.25, -0.2) is 9.37 Å². The van der Waals surface area contributed by atoms with Crippen LogP contribution in [0.3, 0.4) is 0 Å². The molecule has 0 N–H and O–H groups in total. The lowest BCUT2D eigenvalue weighted by molar-refractivity contribution is 0.417. The van der Waals surface area contributed by atoms with Gasteiger partial charge in [-0.1, -0.05) is 29.4 Å². The molecule has 0 saturated heterocycles. The monoisotopic (exact) mass is 336 g/mol. The summed E-state index contributed by atoms with van der Waals surface area (Å²) in [6, 6.07) is 13.3. The molecule has 0 unspecified atom stereocenters. The molecule has 0 fully saturated rings. The Morgan fingerprint density at radius 3 is 2.68 bits per heavy atom. The SMILES string of the molecule is Cc1nc2ccccc2c(=O)n1Cc1noc(-c2ccccc2F)n1. The highest BCUT2D eigenvalue weighted by Crippen LogP contribution is 2.20. The summed E-state index contributed by atoms with van der Waals surface area (Å²) >= 11 is 0. The molecular weight excluding hydrogens is 323 g/mol. The number of fused-ring (bicyclic) bond motifs is 1. The largest absolute Gasteiger partial charge is 0.334 e.